The predicted octanol–water partition coefficient (Wildman–Crippen LogP) is 5.67. The highest BCUT2D eigenvalue weighted by Crippen LogP contribution is 2.47. The van der Waals surface area contributed by atoms with Crippen molar-refractivity contribution in [3.05, 3.63) is 42.8 Å². The van der Waals surface area contributed by atoms with Gasteiger partial charge in [0.1, 0.15) is 0 Å². The molecule has 6 rings (SSSR count). The largest absolute Gasteiger partial charge is 0.345 e. The molecule has 0 radical (unpaired) electrons. The molecule has 0 unspecified atom stereocenters. The van der Waals surface area contributed by atoms with Crippen molar-refractivity contribution in [3.63, 3.8) is 0 Å². The maximum atomic E-state index is 13.9. The zero-order valence-electron chi connectivity index (χ0n) is 16.9. The molecule has 0 aromatic carbocycles. The summed E-state index contributed by atoms with van der Waals surface area (Å²) in [5.41, 5.74) is 2.40. The second-order valence-electron chi connectivity index (χ2n) is 8.60. The molecule has 4 fully saturated rings. The van der Waals surface area contributed by atoms with Crippen LogP contribution in [0.25, 0.3) is 0 Å². The summed E-state index contributed by atoms with van der Waals surface area (Å²) in [5, 5.41) is 0. The van der Waals surface area contributed by atoms with E-state index in [1.807, 2.05) is 0 Å². The third-order valence-corrected chi connectivity index (χ3v) is 9.11. The van der Waals surface area contributed by atoms with E-state index < -0.39 is 0 Å². The molecule has 0 N–H and O–H groups in total. The smallest absolute Gasteiger partial charge is 0.213 e. The minimum Gasteiger partial charge on any atom is -0.345 e. The van der Waals surface area contributed by atoms with E-state index in [1.165, 1.54) is 24.0 Å². The Kier molecular flexibility index (Phi) is 5.30. The minimum absolute atomic E-state index is 0.169. The first-order chi connectivity index (χ1) is 14.8. The first-order valence-electron chi connectivity index (χ1n) is 11.1. The van der Waals surface area contributed by atoms with Gasteiger partial charge < -0.3 is 18.9 Å². The summed E-state index contributed by atoms with van der Waals surface area (Å²) in [6.45, 7) is 2.47. The number of ketones is 1. The van der Waals surface area contributed by atoms with Crippen molar-refractivity contribution >= 4 is 28.5 Å². The van der Waals surface area contributed by atoms with Crippen molar-refractivity contribution in [3.8, 4) is 0 Å². The van der Waals surface area contributed by atoms with Crippen molar-refractivity contribution in [1.29, 1.82) is 0 Å². The lowest BCUT2D eigenvalue weighted by Crippen LogP contribution is -2.14. The molecule has 4 aliphatic rings. The summed E-state index contributed by atoms with van der Waals surface area (Å²) in [5.74, 6) is 1.15. The fraction of sp³-hybridized carbons (Fsp3) is 0.609. The summed E-state index contributed by atoms with van der Waals surface area (Å²) >= 11 is 3.14. The molecule has 5 nitrogen and oxygen atoms in total. The van der Waals surface area contributed by atoms with Gasteiger partial charge in [0, 0.05) is 0 Å². The second-order valence-corrected chi connectivity index (χ2v) is 10.8. The highest BCUT2D eigenvalue weighted by molar-refractivity contribution is 7.18. The standard InChI is InChI=1S/C23H26O5S2/c24-19(20-15(13-3-1-4-13)11-17(29-20)22-25-7-8-26-22)21-16(14-5-2-6-14)12-18(30-21)23-27-9-10-28-23/h11-14,22-23H,1-10H2. The van der Waals surface area contributed by atoms with Crippen molar-refractivity contribution in [2.75, 3.05) is 26.4 Å². The molecule has 7 heteroatoms. The van der Waals surface area contributed by atoms with Crippen molar-refractivity contribution in [1.82, 2.24) is 0 Å². The van der Waals surface area contributed by atoms with Gasteiger partial charge in [0.05, 0.1) is 45.9 Å². The molecule has 0 amide bonds. The number of rotatable bonds is 6. The molecule has 2 saturated heterocycles. The third kappa shape index (κ3) is 3.40. The SMILES string of the molecule is O=C(c1sc(C2OCCO2)cc1C1CCC1)c1sc(C2OCCO2)cc1C1CCC1. The third-order valence-electron chi connectivity index (χ3n) is 6.77. The van der Waals surface area contributed by atoms with Crippen LogP contribution in [0.15, 0.2) is 12.1 Å². The molecule has 2 saturated carbocycles. The van der Waals surface area contributed by atoms with Crippen LogP contribution in [0.5, 0.6) is 0 Å². The fourth-order valence-corrected chi connectivity index (χ4v) is 7.08. The molecule has 30 heavy (non-hydrogen) atoms. The normalized spacial score (nSPS) is 23.7. The number of ether oxygens (including phenoxy) is 4. The Morgan fingerprint density at radius 1 is 0.700 bits per heavy atom. The van der Waals surface area contributed by atoms with Crippen LogP contribution in [0.3, 0.4) is 0 Å². The van der Waals surface area contributed by atoms with E-state index in [1.54, 1.807) is 22.7 Å². The molecule has 2 aromatic rings. The van der Waals surface area contributed by atoms with E-state index in [0.717, 1.165) is 45.2 Å². The summed E-state index contributed by atoms with van der Waals surface area (Å²) < 4.78 is 22.9. The first kappa shape index (κ1) is 19.6. The summed E-state index contributed by atoms with van der Waals surface area (Å²) in [7, 11) is 0. The van der Waals surface area contributed by atoms with Gasteiger partial charge in [-0.15, -0.1) is 22.7 Å². The van der Waals surface area contributed by atoms with Crippen molar-refractivity contribution < 1.29 is 23.7 Å². The van der Waals surface area contributed by atoms with E-state index >= 15 is 0 Å². The van der Waals surface area contributed by atoms with Crippen LogP contribution < -0.4 is 0 Å². The van der Waals surface area contributed by atoms with Gasteiger partial charge in [-0.25, -0.2) is 0 Å². The lowest BCUT2D eigenvalue weighted by molar-refractivity contribution is -0.0415. The average molecular weight is 447 g/mol. The summed E-state index contributed by atoms with van der Waals surface area (Å²) in [6.07, 6.45) is 6.51. The number of hydrogen-bond donors (Lipinski definition) is 0. The molecule has 0 atom stereocenters. The Morgan fingerprint density at radius 2 is 1.10 bits per heavy atom. The molecule has 2 aliphatic carbocycles. The molecule has 0 bridgehead atoms. The highest BCUT2D eigenvalue weighted by Gasteiger charge is 2.35. The van der Waals surface area contributed by atoms with Gasteiger partial charge in [0.25, 0.3) is 0 Å². The zero-order valence-corrected chi connectivity index (χ0v) is 18.5. The topological polar surface area (TPSA) is 54.0 Å². The van der Waals surface area contributed by atoms with E-state index in [-0.39, 0.29) is 18.4 Å². The second kappa shape index (κ2) is 8.11. The van der Waals surface area contributed by atoms with Gasteiger partial charge in [-0.1, -0.05) is 12.8 Å². The minimum atomic E-state index is -0.319. The van der Waals surface area contributed by atoms with Crippen LogP contribution >= 0.6 is 22.7 Å². The molecule has 4 heterocycles. The Morgan fingerprint density at radius 3 is 1.43 bits per heavy atom. The number of thiophene rings is 2. The molecular weight excluding hydrogens is 420 g/mol. The van der Waals surface area contributed by atoms with E-state index in [0.29, 0.717) is 38.3 Å². The van der Waals surface area contributed by atoms with Crippen LogP contribution in [-0.2, 0) is 18.9 Å². The van der Waals surface area contributed by atoms with Crippen LogP contribution in [0, 0.1) is 0 Å². The van der Waals surface area contributed by atoms with Gasteiger partial charge in [0.2, 0.25) is 5.78 Å². The van der Waals surface area contributed by atoms with Gasteiger partial charge in [-0.05, 0) is 60.8 Å². The molecule has 160 valence electrons. The van der Waals surface area contributed by atoms with Crippen LogP contribution in [0.2, 0.25) is 0 Å². The highest BCUT2D eigenvalue weighted by atomic mass is 32.1. The maximum absolute atomic E-state index is 13.9. The first-order valence-corrected chi connectivity index (χ1v) is 12.7. The molecular formula is C23H26O5S2. The van der Waals surface area contributed by atoms with E-state index in [4.69, 9.17) is 18.9 Å². The number of carbonyl (C=O) groups excluding carboxylic acids is 1. The number of carbonyl (C=O) groups is 1. The quantitative estimate of drug-likeness (QED) is 0.536. The van der Waals surface area contributed by atoms with Crippen LogP contribution in [-0.4, -0.2) is 32.2 Å². The van der Waals surface area contributed by atoms with Gasteiger partial charge >= 0.3 is 0 Å². The summed E-state index contributed by atoms with van der Waals surface area (Å²) in [4.78, 5) is 17.7. The van der Waals surface area contributed by atoms with Crippen molar-refractivity contribution in [2.45, 2.75) is 62.9 Å². The van der Waals surface area contributed by atoms with Gasteiger partial charge in [-0.3, -0.25) is 4.79 Å². The zero-order chi connectivity index (χ0) is 20.1. The Hall–Kier alpha value is -1.09. The van der Waals surface area contributed by atoms with E-state index in [2.05, 4.69) is 12.1 Å². The maximum Gasteiger partial charge on any atom is 0.213 e. The van der Waals surface area contributed by atoms with Gasteiger partial charge in [0.15, 0.2) is 12.6 Å². The molecule has 0 spiro atoms. The van der Waals surface area contributed by atoms with Gasteiger partial charge in [-0.2, -0.15) is 0 Å². The lowest BCUT2D eigenvalue weighted by atomic mass is 9.78. The van der Waals surface area contributed by atoms with Crippen molar-refractivity contribution in [2.24, 2.45) is 0 Å². The Labute approximate surface area is 184 Å². The Bertz CT molecular complexity index is 853. The fourth-order valence-electron chi connectivity index (χ4n) is 4.63. The monoisotopic (exact) mass is 446 g/mol. The van der Waals surface area contributed by atoms with E-state index in [9.17, 15) is 4.79 Å². The Balaban J connectivity index is 1.38. The summed E-state index contributed by atoms with van der Waals surface area (Å²) in [6, 6.07) is 4.36. The number of hydrogen-bond acceptors (Lipinski definition) is 7. The molecule has 2 aromatic heterocycles. The van der Waals surface area contributed by atoms with Crippen LogP contribution in [0.1, 0.15) is 98.4 Å². The average Bonchev–Trinajstić information content (AvgIpc) is 3.43. The predicted molar refractivity (Wildman–Crippen MR) is 115 cm³/mol. The van der Waals surface area contributed by atoms with Crippen LogP contribution in [0.4, 0.5) is 0 Å². The lowest BCUT2D eigenvalue weighted by Gasteiger charge is -2.27. The molecule has 2 aliphatic heterocycles.